The van der Waals surface area contributed by atoms with Crippen LogP contribution < -0.4 is 10.3 Å². The molecule has 2 aromatic carbocycles. The summed E-state index contributed by atoms with van der Waals surface area (Å²) in [7, 11) is -3.83. The number of nitrogens with one attached hydrogen (secondary N) is 2. The molecule has 9 heteroatoms. The molecule has 0 saturated heterocycles. The zero-order valence-corrected chi connectivity index (χ0v) is 17.1. The Kier molecular flexibility index (Phi) is 4.98. The summed E-state index contributed by atoms with van der Waals surface area (Å²) in [6, 6.07) is 17.7. The van der Waals surface area contributed by atoms with E-state index in [4.69, 9.17) is 0 Å². The van der Waals surface area contributed by atoms with Crippen LogP contribution in [0.1, 0.15) is 15.2 Å². The molecule has 4 rings (SSSR count). The highest BCUT2D eigenvalue weighted by Crippen LogP contribution is 2.34. The van der Waals surface area contributed by atoms with Gasteiger partial charge in [0, 0.05) is 0 Å². The van der Waals surface area contributed by atoms with Gasteiger partial charge in [0.05, 0.1) is 24.9 Å². The number of hydrogen-bond acceptors (Lipinski definition) is 6. The Bertz CT molecular complexity index is 1230. The Hall–Kier alpha value is -2.59. The van der Waals surface area contributed by atoms with Crippen LogP contribution in [0.4, 0.5) is 0 Å². The first-order valence-corrected chi connectivity index (χ1v) is 11.4. The van der Waals surface area contributed by atoms with Crippen molar-refractivity contribution < 1.29 is 13.2 Å². The average Bonchev–Trinajstić information content (AvgIpc) is 3.33. The number of amides is 1. The molecule has 0 aliphatic heterocycles. The van der Waals surface area contributed by atoms with E-state index in [1.165, 1.54) is 23.5 Å². The third-order valence-corrected chi connectivity index (χ3v) is 7.52. The monoisotopic (exact) mass is 429 g/mol. The second-order valence-electron chi connectivity index (χ2n) is 6.02. The Labute approximate surface area is 169 Å². The van der Waals surface area contributed by atoms with Gasteiger partial charge in [0.1, 0.15) is 5.01 Å². The minimum atomic E-state index is -3.83. The van der Waals surface area contributed by atoms with E-state index in [1.807, 2.05) is 37.3 Å². The largest absolute Gasteiger partial charge is 0.276 e. The number of carbonyl (C=O) groups excluding carboxylic acids is 1. The van der Waals surface area contributed by atoms with E-state index in [0.29, 0.717) is 4.88 Å². The summed E-state index contributed by atoms with van der Waals surface area (Å²) < 4.78 is 25.6. The number of rotatable bonds is 5. The van der Waals surface area contributed by atoms with E-state index in [-0.39, 0.29) is 4.90 Å². The van der Waals surface area contributed by atoms with E-state index in [9.17, 15) is 13.2 Å². The lowest BCUT2D eigenvalue weighted by Crippen LogP contribution is -2.41. The average molecular weight is 430 g/mol. The third kappa shape index (κ3) is 3.83. The van der Waals surface area contributed by atoms with Gasteiger partial charge in [0.25, 0.3) is 15.9 Å². The number of carbonyl (C=O) groups is 1. The fourth-order valence-corrected chi connectivity index (χ4v) is 5.26. The number of thiophene rings is 1. The molecule has 4 aromatic rings. The highest BCUT2D eigenvalue weighted by molar-refractivity contribution is 7.89. The Morgan fingerprint density at radius 3 is 2.46 bits per heavy atom. The molecule has 0 saturated carbocycles. The van der Waals surface area contributed by atoms with Gasteiger partial charge in [-0.15, -0.1) is 27.5 Å². The van der Waals surface area contributed by atoms with Crippen LogP contribution in [-0.2, 0) is 10.0 Å². The molecule has 6 nitrogen and oxygen atoms in total. The number of para-hydroxylation sites is 1. The van der Waals surface area contributed by atoms with Gasteiger partial charge in [0.15, 0.2) is 0 Å². The summed E-state index contributed by atoms with van der Waals surface area (Å²) in [5.41, 5.74) is 4.12. The molecule has 0 spiro atoms. The number of thiazole rings is 1. The van der Waals surface area contributed by atoms with Crippen molar-refractivity contribution in [3.63, 3.8) is 0 Å². The predicted molar refractivity (Wildman–Crippen MR) is 112 cm³/mol. The maximum atomic E-state index is 12.3. The van der Waals surface area contributed by atoms with E-state index in [2.05, 4.69) is 15.2 Å². The summed E-state index contributed by atoms with van der Waals surface area (Å²) >= 11 is 2.81. The minimum absolute atomic E-state index is 0.0831. The molecule has 0 aliphatic carbocycles. The van der Waals surface area contributed by atoms with Crippen molar-refractivity contribution in [3.8, 4) is 9.88 Å². The number of aryl methyl sites for hydroxylation is 1. The van der Waals surface area contributed by atoms with E-state index >= 15 is 0 Å². The minimum Gasteiger partial charge on any atom is -0.273 e. The van der Waals surface area contributed by atoms with Crippen LogP contribution in [0.3, 0.4) is 0 Å². The molecular weight excluding hydrogens is 414 g/mol. The predicted octanol–water partition coefficient (Wildman–Crippen LogP) is 3.96. The molecule has 28 heavy (non-hydrogen) atoms. The van der Waals surface area contributed by atoms with Crippen molar-refractivity contribution >= 4 is 48.8 Å². The first-order valence-electron chi connectivity index (χ1n) is 8.27. The zero-order valence-electron chi connectivity index (χ0n) is 14.7. The molecule has 2 heterocycles. The number of aromatic nitrogens is 1. The molecule has 0 atom stereocenters. The van der Waals surface area contributed by atoms with Crippen LogP contribution in [-0.4, -0.2) is 19.3 Å². The van der Waals surface area contributed by atoms with Gasteiger partial charge < -0.3 is 0 Å². The number of hydrazine groups is 1. The van der Waals surface area contributed by atoms with Gasteiger partial charge in [-0.3, -0.25) is 10.2 Å². The zero-order chi connectivity index (χ0) is 19.7. The van der Waals surface area contributed by atoms with Gasteiger partial charge in [-0.25, -0.2) is 13.4 Å². The number of nitrogens with zero attached hydrogens (tertiary/aromatic N) is 1. The maximum absolute atomic E-state index is 12.3. The van der Waals surface area contributed by atoms with Gasteiger partial charge in [0.2, 0.25) is 0 Å². The van der Waals surface area contributed by atoms with E-state index in [0.717, 1.165) is 25.7 Å². The molecule has 0 fully saturated rings. The summed E-state index contributed by atoms with van der Waals surface area (Å²) in [5.74, 6) is -0.520. The lowest BCUT2D eigenvalue weighted by atomic mass is 10.2. The lowest BCUT2D eigenvalue weighted by Gasteiger charge is -2.07. The van der Waals surface area contributed by atoms with Crippen molar-refractivity contribution in [1.29, 1.82) is 0 Å². The van der Waals surface area contributed by atoms with Crippen molar-refractivity contribution in [2.24, 2.45) is 0 Å². The number of sulfonamides is 1. The van der Waals surface area contributed by atoms with Crippen molar-refractivity contribution in [1.82, 2.24) is 15.2 Å². The molecule has 2 N–H and O–H groups in total. The van der Waals surface area contributed by atoms with Crippen LogP contribution >= 0.6 is 22.7 Å². The lowest BCUT2D eigenvalue weighted by molar-refractivity contribution is 0.0949. The molecule has 1 amide bonds. The van der Waals surface area contributed by atoms with Crippen LogP contribution in [0.25, 0.3) is 20.1 Å². The molecule has 0 unspecified atom stereocenters. The van der Waals surface area contributed by atoms with Gasteiger partial charge in [-0.05, 0) is 43.3 Å². The van der Waals surface area contributed by atoms with Crippen molar-refractivity contribution in [3.05, 3.63) is 71.1 Å². The second kappa shape index (κ2) is 7.44. The molecule has 0 bridgehead atoms. The first kappa shape index (κ1) is 18.8. The maximum Gasteiger partial charge on any atom is 0.276 e. The molecule has 142 valence electrons. The third-order valence-electron chi connectivity index (χ3n) is 3.96. The van der Waals surface area contributed by atoms with Crippen LogP contribution in [0.15, 0.2) is 65.6 Å². The Balaban J connectivity index is 1.48. The number of hydrogen-bond donors (Lipinski definition) is 2. The molecule has 0 aliphatic rings. The Morgan fingerprint density at radius 1 is 0.964 bits per heavy atom. The van der Waals surface area contributed by atoms with Crippen LogP contribution in [0.5, 0.6) is 0 Å². The standard InChI is InChI=1S/C19H15N3O3S3/c1-12-6-8-13(9-7-12)28(24,25)22-21-18(23)16-10-11-17(26-16)19-20-14-4-2-3-5-15(14)27-19/h2-11,22H,1H3,(H,21,23). The van der Waals surface area contributed by atoms with Crippen LogP contribution in [0, 0.1) is 6.92 Å². The summed E-state index contributed by atoms with van der Waals surface area (Å²) in [6.45, 7) is 1.87. The first-order chi connectivity index (χ1) is 13.4. The highest BCUT2D eigenvalue weighted by Gasteiger charge is 2.17. The SMILES string of the molecule is Cc1ccc(S(=O)(=O)NNC(=O)c2ccc(-c3nc4ccccc4s3)s2)cc1. The van der Waals surface area contributed by atoms with Gasteiger partial charge in [-0.2, -0.15) is 0 Å². The highest BCUT2D eigenvalue weighted by atomic mass is 32.2. The molecule has 2 aromatic heterocycles. The van der Waals surface area contributed by atoms with E-state index < -0.39 is 15.9 Å². The smallest absolute Gasteiger partial charge is 0.273 e. The number of benzene rings is 2. The summed E-state index contributed by atoms with van der Waals surface area (Å²) in [5, 5.41) is 0.825. The van der Waals surface area contributed by atoms with Crippen molar-refractivity contribution in [2.75, 3.05) is 0 Å². The fourth-order valence-electron chi connectivity index (χ4n) is 2.50. The van der Waals surface area contributed by atoms with Crippen molar-refractivity contribution in [2.45, 2.75) is 11.8 Å². The molecule has 0 radical (unpaired) electrons. The number of fused-ring (bicyclic) bond motifs is 1. The summed E-state index contributed by atoms with van der Waals surface area (Å²) in [4.78, 5) is 20.4. The quantitative estimate of drug-likeness (QED) is 0.470. The van der Waals surface area contributed by atoms with Gasteiger partial charge in [-0.1, -0.05) is 29.8 Å². The van der Waals surface area contributed by atoms with E-state index in [1.54, 1.807) is 29.5 Å². The Morgan fingerprint density at radius 2 is 1.71 bits per heavy atom. The topological polar surface area (TPSA) is 88.2 Å². The van der Waals surface area contributed by atoms with Gasteiger partial charge >= 0.3 is 0 Å². The fraction of sp³-hybridized carbons (Fsp3) is 0.0526. The molecular formula is C19H15N3O3S3. The van der Waals surface area contributed by atoms with Crippen LogP contribution in [0.2, 0.25) is 0 Å². The summed E-state index contributed by atoms with van der Waals surface area (Å²) in [6.07, 6.45) is 0. The second-order valence-corrected chi connectivity index (χ2v) is 9.82. The normalized spacial score (nSPS) is 11.6.